The molecule has 1 saturated carbocycles. The zero-order valence-electron chi connectivity index (χ0n) is 10.3. The van der Waals surface area contributed by atoms with Crippen molar-refractivity contribution in [3.05, 3.63) is 29.8 Å². The summed E-state index contributed by atoms with van der Waals surface area (Å²) in [5.74, 6) is 0.774. The molecule has 0 aromatic heterocycles. The second-order valence-electron chi connectivity index (χ2n) is 4.91. The van der Waals surface area contributed by atoms with E-state index >= 15 is 0 Å². The van der Waals surface area contributed by atoms with Crippen LogP contribution < -0.4 is 5.32 Å². The average molecular weight is 233 g/mol. The Kier molecular flexibility index (Phi) is 3.48. The standard InChI is InChI=1S/C14H19NO2/c1-9(11-3-4-11)14(17)15-13-7-5-12(6-8-13)10(2)16/h5-11,16H,3-4H2,1-2H3,(H,15,17). The summed E-state index contributed by atoms with van der Waals surface area (Å²) in [4.78, 5) is 11.9. The first-order valence-corrected chi connectivity index (χ1v) is 6.17. The number of nitrogens with one attached hydrogen (secondary N) is 1. The Morgan fingerprint density at radius 3 is 2.35 bits per heavy atom. The third-order valence-electron chi connectivity index (χ3n) is 3.40. The molecule has 2 N–H and O–H groups in total. The molecule has 92 valence electrons. The maximum absolute atomic E-state index is 11.9. The summed E-state index contributed by atoms with van der Waals surface area (Å²) in [5, 5.41) is 12.3. The van der Waals surface area contributed by atoms with Crippen molar-refractivity contribution in [3.8, 4) is 0 Å². The zero-order chi connectivity index (χ0) is 12.4. The van der Waals surface area contributed by atoms with E-state index in [2.05, 4.69) is 5.32 Å². The van der Waals surface area contributed by atoms with Crippen molar-refractivity contribution >= 4 is 11.6 Å². The van der Waals surface area contributed by atoms with E-state index in [1.165, 1.54) is 12.8 Å². The minimum atomic E-state index is -0.467. The molecule has 3 nitrogen and oxygen atoms in total. The van der Waals surface area contributed by atoms with Gasteiger partial charge in [-0.2, -0.15) is 0 Å². The fraction of sp³-hybridized carbons (Fsp3) is 0.500. The Hall–Kier alpha value is -1.35. The zero-order valence-corrected chi connectivity index (χ0v) is 10.3. The predicted octanol–water partition coefficient (Wildman–Crippen LogP) is 2.72. The summed E-state index contributed by atoms with van der Waals surface area (Å²) in [5.41, 5.74) is 1.66. The first-order chi connectivity index (χ1) is 8.08. The van der Waals surface area contributed by atoms with Crippen LogP contribution in [0.15, 0.2) is 24.3 Å². The minimum absolute atomic E-state index is 0.0947. The highest BCUT2D eigenvalue weighted by molar-refractivity contribution is 5.92. The van der Waals surface area contributed by atoms with E-state index in [1.54, 1.807) is 6.92 Å². The van der Waals surface area contributed by atoms with E-state index in [0.717, 1.165) is 11.3 Å². The molecule has 17 heavy (non-hydrogen) atoms. The number of hydrogen-bond donors (Lipinski definition) is 2. The molecule has 3 heteroatoms. The summed E-state index contributed by atoms with van der Waals surface area (Å²) in [6.07, 6.45) is 1.88. The van der Waals surface area contributed by atoms with E-state index in [4.69, 9.17) is 0 Å². The molecule has 2 unspecified atom stereocenters. The molecule has 1 aromatic rings. The third-order valence-corrected chi connectivity index (χ3v) is 3.40. The lowest BCUT2D eigenvalue weighted by Gasteiger charge is -2.12. The van der Waals surface area contributed by atoms with E-state index in [1.807, 2.05) is 31.2 Å². The van der Waals surface area contributed by atoms with E-state index in [9.17, 15) is 9.90 Å². The van der Waals surface area contributed by atoms with Crippen LogP contribution in [0, 0.1) is 11.8 Å². The molecule has 0 spiro atoms. The fourth-order valence-electron chi connectivity index (χ4n) is 1.91. The summed E-state index contributed by atoms with van der Waals surface area (Å²) in [6.45, 7) is 3.71. The number of hydrogen-bond acceptors (Lipinski definition) is 2. The molecule has 0 bridgehead atoms. The van der Waals surface area contributed by atoms with Gasteiger partial charge in [0.25, 0.3) is 0 Å². The second-order valence-corrected chi connectivity index (χ2v) is 4.91. The molecule has 0 saturated heterocycles. The molecule has 0 heterocycles. The number of aliphatic hydroxyl groups is 1. The van der Waals surface area contributed by atoms with Crippen LogP contribution in [0.1, 0.15) is 38.4 Å². The van der Waals surface area contributed by atoms with E-state index in [0.29, 0.717) is 5.92 Å². The van der Waals surface area contributed by atoms with Crippen molar-refractivity contribution in [1.29, 1.82) is 0 Å². The van der Waals surface area contributed by atoms with Gasteiger partial charge in [0.1, 0.15) is 0 Å². The third kappa shape index (κ3) is 3.07. The molecule has 1 aliphatic rings. The summed E-state index contributed by atoms with van der Waals surface area (Å²) >= 11 is 0. The maximum atomic E-state index is 11.9. The monoisotopic (exact) mass is 233 g/mol. The average Bonchev–Trinajstić information content (AvgIpc) is 3.12. The molecule has 0 aliphatic heterocycles. The number of carbonyl (C=O) groups excluding carboxylic acids is 1. The number of rotatable bonds is 4. The molecular weight excluding hydrogens is 214 g/mol. The van der Waals surface area contributed by atoms with Gasteiger partial charge >= 0.3 is 0 Å². The first kappa shape index (κ1) is 12.1. The number of carbonyl (C=O) groups is 1. The smallest absolute Gasteiger partial charge is 0.227 e. The molecule has 1 fully saturated rings. The highest BCUT2D eigenvalue weighted by atomic mass is 16.3. The van der Waals surface area contributed by atoms with Crippen LogP contribution in [0.2, 0.25) is 0 Å². The largest absolute Gasteiger partial charge is 0.389 e. The van der Waals surface area contributed by atoms with Crippen molar-refractivity contribution in [3.63, 3.8) is 0 Å². The van der Waals surface area contributed by atoms with E-state index in [-0.39, 0.29) is 11.8 Å². The van der Waals surface area contributed by atoms with Gasteiger partial charge in [-0.05, 0) is 43.4 Å². The number of amides is 1. The highest BCUT2D eigenvalue weighted by Gasteiger charge is 2.32. The van der Waals surface area contributed by atoms with Crippen molar-refractivity contribution in [2.75, 3.05) is 5.32 Å². The van der Waals surface area contributed by atoms with Gasteiger partial charge in [-0.3, -0.25) is 4.79 Å². The van der Waals surface area contributed by atoms with Gasteiger partial charge in [0, 0.05) is 11.6 Å². The Morgan fingerprint density at radius 2 is 1.88 bits per heavy atom. The lowest BCUT2D eigenvalue weighted by Crippen LogP contribution is -2.21. The van der Waals surface area contributed by atoms with Crippen LogP contribution >= 0.6 is 0 Å². The molecule has 2 rings (SSSR count). The number of benzene rings is 1. The van der Waals surface area contributed by atoms with Gasteiger partial charge in [-0.1, -0.05) is 19.1 Å². The Labute approximate surface area is 102 Å². The fourth-order valence-corrected chi connectivity index (χ4v) is 1.91. The number of aliphatic hydroxyl groups excluding tert-OH is 1. The molecule has 0 radical (unpaired) electrons. The van der Waals surface area contributed by atoms with Crippen LogP contribution in [-0.4, -0.2) is 11.0 Å². The number of anilines is 1. The molecule has 1 aromatic carbocycles. The van der Waals surface area contributed by atoms with Crippen LogP contribution in [-0.2, 0) is 4.79 Å². The highest BCUT2D eigenvalue weighted by Crippen LogP contribution is 2.37. The van der Waals surface area contributed by atoms with Crippen molar-refractivity contribution in [2.24, 2.45) is 11.8 Å². The van der Waals surface area contributed by atoms with Crippen LogP contribution in [0.5, 0.6) is 0 Å². The quantitative estimate of drug-likeness (QED) is 0.840. The molecule has 2 atom stereocenters. The van der Waals surface area contributed by atoms with Crippen LogP contribution in [0.4, 0.5) is 5.69 Å². The minimum Gasteiger partial charge on any atom is -0.389 e. The summed E-state index contributed by atoms with van der Waals surface area (Å²) in [7, 11) is 0. The molecular formula is C14H19NO2. The van der Waals surface area contributed by atoms with Gasteiger partial charge in [0.2, 0.25) is 5.91 Å². The lowest BCUT2D eigenvalue weighted by molar-refractivity contribution is -0.119. The topological polar surface area (TPSA) is 49.3 Å². The van der Waals surface area contributed by atoms with Crippen molar-refractivity contribution in [1.82, 2.24) is 0 Å². The summed E-state index contributed by atoms with van der Waals surface area (Å²) < 4.78 is 0. The Morgan fingerprint density at radius 1 is 1.29 bits per heavy atom. The van der Waals surface area contributed by atoms with Crippen LogP contribution in [0.25, 0.3) is 0 Å². The van der Waals surface area contributed by atoms with Crippen molar-refractivity contribution < 1.29 is 9.90 Å². The first-order valence-electron chi connectivity index (χ1n) is 6.17. The van der Waals surface area contributed by atoms with Gasteiger partial charge in [-0.15, -0.1) is 0 Å². The Balaban J connectivity index is 1.96. The van der Waals surface area contributed by atoms with Crippen molar-refractivity contribution in [2.45, 2.75) is 32.8 Å². The van der Waals surface area contributed by atoms with Gasteiger partial charge < -0.3 is 10.4 Å². The predicted molar refractivity (Wildman–Crippen MR) is 67.6 cm³/mol. The molecule has 1 aliphatic carbocycles. The SMILES string of the molecule is CC(O)c1ccc(NC(=O)C(C)C2CC2)cc1. The second kappa shape index (κ2) is 4.88. The van der Waals surface area contributed by atoms with E-state index < -0.39 is 6.10 Å². The molecule has 1 amide bonds. The summed E-state index contributed by atoms with van der Waals surface area (Å²) in [6, 6.07) is 7.34. The normalized spacial score (nSPS) is 18.5. The van der Waals surface area contributed by atoms with Gasteiger partial charge in [0.05, 0.1) is 6.10 Å². The lowest BCUT2D eigenvalue weighted by atomic mass is 10.1. The maximum Gasteiger partial charge on any atom is 0.227 e. The van der Waals surface area contributed by atoms with Gasteiger partial charge in [-0.25, -0.2) is 0 Å². The van der Waals surface area contributed by atoms with Crippen LogP contribution in [0.3, 0.4) is 0 Å². The Bertz CT molecular complexity index is 393. The van der Waals surface area contributed by atoms with Gasteiger partial charge in [0.15, 0.2) is 0 Å².